The number of aliphatic hydroxyl groups excluding tert-OH is 1. The van der Waals surface area contributed by atoms with Crippen LogP contribution < -0.4 is 4.98 Å². The molecule has 0 amide bonds. The van der Waals surface area contributed by atoms with Gasteiger partial charge in [0.05, 0.1) is 0 Å². The Balaban J connectivity index is 3.47. The van der Waals surface area contributed by atoms with Gasteiger partial charge in [-0.25, -0.2) is 0 Å². The first kappa shape index (κ1) is 10.1. The smallest absolute Gasteiger partial charge is 0.154 e. The summed E-state index contributed by atoms with van der Waals surface area (Å²) >= 11 is 0. The van der Waals surface area contributed by atoms with Crippen molar-refractivity contribution in [3.63, 3.8) is 0 Å². The van der Waals surface area contributed by atoms with Crippen LogP contribution in [0.25, 0.3) is 0 Å². The van der Waals surface area contributed by atoms with E-state index in [1.807, 2.05) is 0 Å². The van der Waals surface area contributed by atoms with Crippen molar-refractivity contribution in [1.29, 1.82) is 0 Å². The summed E-state index contributed by atoms with van der Waals surface area (Å²) in [5.74, 6) is 0. The van der Waals surface area contributed by atoms with Gasteiger partial charge >= 0.3 is 0 Å². The van der Waals surface area contributed by atoms with Crippen molar-refractivity contribution in [3.8, 4) is 0 Å². The van der Waals surface area contributed by atoms with E-state index in [2.05, 4.69) is 32.3 Å². The quantitative estimate of drug-likeness (QED) is 0.613. The van der Waals surface area contributed by atoms with Crippen LogP contribution in [0.1, 0.15) is 20.8 Å². The van der Waals surface area contributed by atoms with E-state index in [1.54, 1.807) is 0 Å². The second kappa shape index (κ2) is 4.11. The zero-order valence-electron chi connectivity index (χ0n) is 7.31. The predicted molar refractivity (Wildman–Crippen MR) is 45.4 cm³/mol. The molecule has 0 aromatic carbocycles. The highest BCUT2D eigenvalue weighted by atomic mass is 28.3. The summed E-state index contributed by atoms with van der Waals surface area (Å²) in [4.78, 5) is 4.54. The van der Waals surface area contributed by atoms with E-state index < -0.39 is 8.96 Å². The van der Waals surface area contributed by atoms with Gasteiger partial charge in [-0.2, -0.15) is 0 Å². The summed E-state index contributed by atoms with van der Waals surface area (Å²) in [7, 11) is -0.623. The molecular weight excluding hydrogens is 142 g/mol. The molecule has 0 saturated carbocycles. The molecule has 3 heteroatoms. The lowest BCUT2D eigenvalue weighted by atomic mass is 10.1. The SMILES string of the molecule is C[Si](CCO)[N]C(C)(C)C. The van der Waals surface area contributed by atoms with Gasteiger partial charge in [-0.3, -0.25) is 4.98 Å². The predicted octanol–water partition coefficient (Wildman–Crippen LogP) is 1.00. The highest BCUT2D eigenvalue weighted by molar-refractivity contribution is 6.54. The fraction of sp³-hybridized carbons (Fsp3) is 1.00. The first-order valence-corrected chi connectivity index (χ1v) is 5.77. The summed E-state index contributed by atoms with van der Waals surface area (Å²) in [6, 6.07) is 0.877. The summed E-state index contributed by atoms with van der Waals surface area (Å²) in [5, 5.41) is 8.60. The maximum atomic E-state index is 8.60. The number of aliphatic hydroxyl groups is 1. The van der Waals surface area contributed by atoms with Crippen LogP contribution in [0.2, 0.25) is 12.6 Å². The Labute approximate surface area is 65.3 Å². The van der Waals surface area contributed by atoms with E-state index in [4.69, 9.17) is 5.11 Å². The first-order chi connectivity index (χ1) is 4.45. The molecule has 0 bridgehead atoms. The molecule has 0 unspecified atom stereocenters. The molecule has 0 aliphatic heterocycles. The fourth-order valence-corrected chi connectivity index (χ4v) is 2.37. The van der Waals surface area contributed by atoms with E-state index in [9.17, 15) is 0 Å². The summed E-state index contributed by atoms with van der Waals surface area (Å²) in [5.41, 5.74) is 0.0816. The van der Waals surface area contributed by atoms with Crippen LogP contribution in [0.3, 0.4) is 0 Å². The van der Waals surface area contributed by atoms with Gasteiger partial charge in [-0.15, -0.1) is 0 Å². The van der Waals surface area contributed by atoms with Crippen molar-refractivity contribution in [2.45, 2.75) is 38.9 Å². The van der Waals surface area contributed by atoms with Gasteiger partial charge in [0.15, 0.2) is 8.96 Å². The largest absolute Gasteiger partial charge is 0.397 e. The number of hydrogen-bond acceptors (Lipinski definition) is 1. The topological polar surface area (TPSA) is 34.3 Å². The zero-order valence-corrected chi connectivity index (χ0v) is 8.31. The van der Waals surface area contributed by atoms with Crippen LogP contribution in [0.5, 0.6) is 0 Å². The van der Waals surface area contributed by atoms with Gasteiger partial charge in [-0.1, -0.05) is 6.55 Å². The second-order valence-electron chi connectivity index (χ2n) is 3.49. The van der Waals surface area contributed by atoms with Crippen molar-refractivity contribution in [2.75, 3.05) is 6.61 Å². The first-order valence-electron chi connectivity index (χ1n) is 3.62. The maximum Gasteiger partial charge on any atom is 0.154 e. The average molecular weight is 159 g/mol. The molecule has 1 N–H and O–H groups in total. The van der Waals surface area contributed by atoms with Crippen LogP contribution in [0, 0.1) is 0 Å². The van der Waals surface area contributed by atoms with Crippen molar-refractivity contribution < 1.29 is 5.11 Å². The van der Waals surface area contributed by atoms with Gasteiger partial charge in [-0.05, 0) is 26.8 Å². The molecule has 0 atom stereocenters. The fourth-order valence-electron chi connectivity index (χ4n) is 0.790. The molecular formula is C7H17NOSi. The maximum absolute atomic E-state index is 8.60. The van der Waals surface area contributed by atoms with E-state index in [-0.39, 0.29) is 12.1 Å². The normalized spacial score (nSPS) is 12.6. The Morgan fingerprint density at radius 1 is 1.40 bits per heavy atom. The minimum absolute atomic E-state index is 0.0816. The second-order valence-corrected chi connectivity index (χ2v) is 5.69. The minimum Gasteiger partial charge on any atom is -0.397 e. The third-order valence-electron chi connectivity index (χ3n) is 1.000. The third kappa shape index (κ3) is 6.26. The van der Waals surface area contributed by atoms with Crippen molar-refractivity contribution in [3.05, 3.63) is 0 Å². The van der Waals surface area contributed by atoms with E-state index in [0.29, 0.717) is 0 Å². The molecule has 0 fully saturated rings. The van der Waals surface area contributed by atoms with Gasteiger partial charge in [0, 0.05) is 12.1 Å². The highest BCUT2D eigenvalue weighted by Crippen LogP contribution is 2.03. The Hall–Kier alpha value is 0.137. The molecule has 0 spiro atoms. The molecule has 10 heavy (non-hydrogen) atoms. The van der Waals surface area contributed by atoms with Crippen LogP contribution in [-0.4, -0.2) is 26.2 Å². The van der Waals surface area contributed by atoms with Gasteiger partial charge < -0.3 is 5.11 Å². The Kier molecular flexibility index (Phi) is 4.16. The van der Waals surface area contributed by atoms with Crippen molar-refractivity contribution in [1.82, 2.24) is 4.98 Å². The van der Waals surface area contributed by atoms with Crippen molar-refractivity contribution >= 4 is 8.96 Å². The van der Waals surface area contributed by atoms with Crippen LogP contribution in [-0.2, 0) is 0 Å². The van der Waals surface area contributed by atoms with Crippen LogP contribution >= 0.6 is 0 Å². The molecule has 0 aliphatic carbocycles. The molecule has 0 aromatic rings. The zero-order chi connectivity index (χ0) is 8.20. The Morgan fingerprint density at radius 2 is 1.90 bits per heavy atom. The van der Waals surface area contributed by atoms with Crippen molar-refractivity contribution in [2.24, 2.45) is 0 Å². The number of nitrogens with zero attached hydrogens (tertiary/aromatic N) is 1. The minimum atomic E-state index is -0.623. The van der Waals surface area contributed by atoms with E-state index in [1.165, 1.54) is 0 Å². The van der Waals surface area contributed by atoms with Crippen LogP contribution in [0.4, 0.5) is 0 Å². The molecule has 0 saturated heterocycles. The van der Waals surface area contributed by atoms with E-state index >= 15 is 0 Å². The third-order valence-corrected chi connectivity index (χ3v) is 3.00. The standard InChI is InChI=1S/C7H17NOSi/c1-7(2,3)8-10(4)6-5-9/h9H,5-6H2,1-4H3. The molecule has 60 valence electrons. The Bertz CT molecular complexity index is 90.1. The van der Waals surface area contributed by atoms with Gasteiger partial charge in [0.1, 0.15) is 0 Å². The van der Waals surface area contributed by atoms with Crippen LogP contribution in [0.15, 0.2) is 0 Å². The number of hydrogen-bond donors (Lipinski definition) is 1. The summed E-state index contributed by atoms with van der Waals surface area (Å²) in [6.07, 6.45) is 0. The number of rotatable bonds is 3. The molecule has 0 heterocycles. The molecule has 0 aliphatic rings. The Morgan fingerprint density at radius 3 is 2.20 bits per heavy atom. The van der Waals surface area contributed by atoms with Gasteiger partial charge in [0.25, 0.3) is 0 Å². The molecule has 2 nitrogen and oxygen atoms in total. The van der Waals surface area contributed by atoms with E-state index in [0.717, 1.165) is 6.04 Å². The molecule has 0 rings (SSSR count). The summed E-state index contributed by atoms with van der Waals surface area (Å²) in [6.45, 7) is 8.70. The lowest BCUT2D eigenvalue weighted by molar-refractivity contribution is 0.316. The lowest BCUT2D eigenvalue weighted by Crippen LogP contribution is -2.38. The average Bonchev–Trinajstić information content (AvgIpc) is 1.59. The summed E-state index contributed by atoms with van der Waals surface area (Å²) < 4.78 is 0. The van der Waals surface area contributed by atoms with Gasteiger partial charge in [0.2, 0.25) is 0 Å². The molecule has 2 radical (unpaired) electrons. The lowest BCUT2D eigenvalue weighted by Gasteiger charge is -2.21. The monoisotopic (exact) mass is 159 g/mol. The molecule has 0 aromatic heterocycles. The highest BCUT2D eigenvalue weighted by Gasteiger charge is 2.15.